The van der Waals surface area contributed by atoms with Crippen LogP contribution in [-0.2, 0) is 0 Å². The first kappa shape index (κ1) is 14.6. The van der Waals surface area contributed by atoms with E-state index in [1.807, 2.05) is 0 Å². The van der Waals surface area contributed by atoms with Crippen molar-refractivity contribution in [3.63, 3.8) is 0 Å². The number of carbonyl (C=O) groups is 1. The van der Waals surface area contributed by atoms with Gasteiger partial charge in [0.05, 0.1) is 5.92 Å². The summed E-state index contributed by atoms with van der Waals surface area (Å²) in [6.07, 6.45) is -4.31. The van der Waals surface area contributed by atoms with Crippen LogP contribution in [0.15, 0.2) is 12.1 Å². The molecule has 2 heterocycles. The Labute approximate surface area is 113 Å². The Balaban J connectivity index is 2.15. The minimum atomic E-state index is -4.26. The predicted molar refractivity (Wildman–Crippen MR) is 66.8 cm³/mol. The summed E-state index contributed by atoms with van der Waals surface area (Å²) in [4.78, 5) is 17.4. The van der Waals surface area contributed by atoms with Gasteiger partial charge in [-0.25, -0.2) is 10.8 Å². The van der Waals surface area contributed by atoms with Crippen LogP contribution in [0.25, 0.3) is 0 Å². The number of nitrogens with two attached hydrogens (primary N) is 1. The van der Waals surface area contributed by atoms with Gasteiger partial charge in [-0.3, -0.25) is 4.79 Å². The van der Waals surface area contributed by atoms with Crippen LogP contribution in [0, 0.1) is 12.8 Å². The van der Waals surface area contributed by atoms with Gasteiger partial charge < -0.3 is 10.3 Å². The minimum Gasteiger partial charge on any atom is -0.338 e. The number of hydrazine groups is 1. The van der Waals surface area contributed by atoms with E-state index in [1.54, 1.807) is 6.92 Å². The van der Waals surface area contributed by atoms with Crippen molar-refractivity contribution in [2.75, 3.05) is 18.5 Å². The number of nitrogens with zero attached hydrogens (tertiary/aromatic N) is 2. The lowest BCUT2D eigenvalue weighted by Crippen LogP contribution is -2.32. The summed E-state index contributed by atoms with van der Waals surface area (Å²) in [5.74, 6) is 3.66. The maximum atomic E-state index is 12.6. The van der Waals surface area contributed by atoms with Crippen molar-refractivity contribution in [2.45, 2.75) is 19.5 Å². The molecule has 2 rings (SSSR count). The molecule has 0 bridgehead atoms. The number of likely N-dealkylation sites (tertiary alicyclic amines) is 1. The maximum Gasteiger partial charge on any atom is 0.393 e. The van der Waals surface area contributed by atoms with Crippen LogP contribution in [-0.4, -0.2) is 35.1 Å². The number of hydrogen-bond donors (Lipinski definition) is 2. The quantitative estimate of drug-likeness (QED) is 0.642. The lowest BCUT2D eigenvalue weighted by molar-refractivity contribution is -0.169. The van der Waals surface area contributed by atoms with E-state index in [4.69, 9.17) is 5.84 Å². The zero-order chi connectivity index (χ0) is 14.9. The number of amides is 1. The standard InChI is InChI=1S/C12H15F3N4O/c1-7-4-8(5-10(17-7)18-16)11(20)19-3-2-9(6-19)12(13,14)15/h4-5,9H,2-3,6,16H2,1H3,(H,17,18). The Bertz CT molecular complexity index is 518. The van der Waals surface area contributed by atoms with E-state index in [0.717, 1.165) is 0 Å². The van der Waals surface area contributed by atoms with E-state index in [1.165, 1.54) is 17.0 Å². The highest BCUT2D eigenvalue weighted by Crippen LogP contribution is 2.34. The number of anilines is 1. The topological polar surface area (TPSA) is 71.2 Å². The minimum absolute atomic E-state index is 0.0543. The third kappa shape index (κ3) is 3.01. The van der Waals surface area contributed by atoms with Gasteiger partial charge >= 0.3 is 6.18 Å². The second-order valence-corrected chi connectivity index (χ2v) is 4.81. The first-order valence-corrected chi connectivity index (χ1v) is 6.12. The summed E-state index contributed by atoms with van der Waals surface area (Å²) in [6, 6.07) is 2.96. The van der Waals surface area contributed by atoms with Crippen molar-refractivity contribution < 1.29 is 18.0 Å². The lowest BCUT2D eigenvalue weighted by Gasteiger charge is -2.18. The van der Waals surface area contributed by atoms with E-state index in [9.17, 15) is 18.0 Å². The van der Waals surface area contributed by atoms with Gasteiger partial charge in [0.2, 0.25) is 0 Å². The fourth-order valence-corrected chi connectivity index (χ4v) is 2.26. The first-order valence-electron chi connectivity index (χ1n) is 6.12. The molecule has 1 amide bonds. The summed E-state index contributed by atoms with van der Waals surface area (Å²) in [5.41, 5.74) is 3.18. The van der Waals surface area contributed by atoms with E-state index in [0.29, 0.717) is 11.5 Å². The van der Waals surface area contributed by atoms with Gasteiger partial charge in [0.1, 0.15) is 5.82 Å². The van der Waals surface area contributed by atoms with Gasteiger partial charge in [0.15, 0.2) is 0 Å². The molecule has 1 fully saturated rings. The van der Waals surface area contributed by atoms with E-state index >= 15 is 0 Å². The SMILES string of the molecule is Cc1cc(C(=O)N2CCC(C(F)(F)F)C2)cc(NN)n1. The molecule has 8 heteroatoms. The fourth-order valence-electron chi connectivity index (χ4n) is 2.26. The number of aryl methyl sites for hydroxylation is 1. The van der Waals surface area contributed by atoms with Crippen molar-refractivity contribution in [2.24, 2.45) is 11.8 Å². The average Bonchev–Trinajstić information content (AvgIpc) is 2.86. The highest BCUT2D eigenvalue weighted by Gasteiger charge is 2.44. The molecule has 0 aromatic carbocycles. The van der Waals surface area contributed by atoms with Gasteiger partial charge in [-0.05, 0) is 25.5 Å². The molecule has 0 aliphatic carbocycles. The van der Waals surface area contributed by atoms with Gasteiger partial charge in [0.25, 0.3) is 5.91 Å². The highest BCUT2D eigenvalue weighted by molar-refractivity contribution is 5.95. The monoisotopic (exact) mass is 288 g/mol. The van der Waals surface area contributed by atoms with Crippen LogP contribution in [0.5, 0.6) is 0 Å². The molecule has 0 radical (unpaired) electrons. The Morgan fingerprint density at radius 1 is 1.50 bits per heavy atom. The zero-order valence-electron chi connectivity index (χ0n) is 10.9. The van der Waals surface area contributed by atoms with Crippen molar-refractivity contribution in [3.8, 4) is 0 Å². The number of pyridine rings is 1. The molecule has 5 nitrogen and oxygen atoms in total. The molecule has 3 N–H and O–H groups in total. The second kappa shape index (κ2) is 5.28. The summed E-state index contributed by atoms with van der Waals surface area (Å²) in [7, 11) is 0. The largest absolute Gasteiger partial charge is 0.393 e. The van der Waals surface area contributed by atoms with Gasteiger partial charge in [-0.1, -0.05) is 0 Å². The number of nitrogens with one attached hydrogen (secondary N) is 1. The van der Waals surface area contributed by atoms with Crippen molar-refractivity contribution >= 4 is 11.7 Å². The molecule has 1 aliphatic rings. The molecule has 1 aliphatic heterocycles. The maximum absolute atomic E-state index is 12.6. The number of nitrogen functional groups attached to an aromatic ring is 1. The van der Waals surface area contributed by atoms with Crippen LogP contribution in [0.4, 0.5) is 19.0 Å². The summed E-state index contributed by atoms with van der Waals surface area (Å²) < 4.78 is 37.8. The van der Waals surface area contributed by atoms with Crippen molar-refractivity contribution in [1.82, 2.24) is 9.88 Å². The van der Waals surface area contributed by atoms with Gasteiger partial charge in [-0.2, -0.15) is 13.2 Å². The predicted octanol–water partition coefficient (Wildman–Crippen LogP) is 1.70. The summed E-state index contributed by atoms with van der Waals surface area (Å²) in [6.45, 7) is 1.49. The molecule has 0 saturated carbocycles. The van der Waals surface area contributed by atoms with Crippen LogP contribution < -0.4 is 11.3 Å². The Hall–Kier alpha value is -1.83. The number of hydrogen-bond acceptors (Lipinski definition) is 4. The fraction of sp³-hybridized carbons (Fsp3) is 0.500. The number of alkyl halides is 3. The normalized spacial score (nSPS) is 19.2. The molecule has 1 aromatic heterocycles. The van der Waals surface area contributed by atoms with Crippen LogP contribution in [0.1, 0.15) is 22.5 Å². The van der Waals surface area contributed by atoms with Crippen molar-refractivity contribution in [3.05, 3.63) is 23.4 Å². The molecule has 0 spiro atoms. The molecular weight excluding hydrogens is 273 g/mol. The molecule has 1 aromatic rings. The number of halogens is 3. The molecule has 20 heavy (non-hydrogen) atoms. The smallest absolute Gasteiger partial charge is 0.338 e. The molecule has 1 atom stereocenters. The first-order chi connectivity index (χ1) is 9.31. The van der Waals surface area contributed by atoms with Gasteiger partial charge in [0, 0.05) is 24.3 Å². The summed E-state index contributed by atoms with van der Waals surface area (Å²) in [5, 5.41) is 0. The molecule has 1 saturated heterocycles. The Morgan fingerprint density at radius 3 is 2.75 bits per heavy atom. The number of aromatic nitrogens is 1. The van der Waals surface area contributed by atoms with E-state index < -0.39 is 18.0 Å². The average molecular weight is 288 g/mol. The molecule has 1 unspecified atom stereocenters. The van der Waals surface area contributed by atoms with Crippen LogP contribution in [0.3, 0.4) is 0 Å². The lowest BCUT2D eigenvalue weighted by atomic mass is 10.1. The number of carbonyl (C=O) groups excluding carboxylic acids is 1. The highest BCUT2D eigenvalue weighted by atomic mass is 19.4. The zero-order valence-corrected chi connectivity index (χ0v) is 10.9. The second-order valence-electron chi connectivity index (χ2n) is 4.81. The molecule has 110 valence electrons. The van der Waals surface area contributed by atoms with Crippen molar-refractivity contribution in [1.29, 1.82) is 0 Å². The Kier molecular flexibility index (Phi) is 3.85. The Morgan fingerprint density at radius 2 is 2.20 bits per heavy atom. The summed E-state index contributed by atoms with van der Waals surface area (Å²) >= 11 is 0. The van der Waals surface area contributed by atoms with Crippen LogP contribution >= 0.6 is 0 Å². The number of rotatable bonds is 2. The van der Waals surface area contributed by atoms with E-state index in [-0.39, 0.29) is 25.1 Å². The third-order valence-electron chi connectivity index (χ3n) is 3.29. The molecular formula is C12H15F3N4O. The third-order valence-corrected chi connectivity index (χ3v) is 3.29. The van der Waals surface area contributed by atoms with Gasteiger partial charge in [-0.15, -0.1) is 0 Å². The van der Waals surface area contributed by atoms with E-state index in [2.05, 4.69) is 10.4 Å². The van der Waals surface area contributed by atoms with Crippen LogP contribution in [0.2, 0.25) is 0 Å².